The van der Waals surface area contributed by atoms with Gasteiger partial charge >= 0.3 is 0 Å². The molecule has 3 heteroatoms. The Bertz CT molecular complexity index is 236. The van der Waals surface area contributed by atoms with Crippen molar-refractivity contribution in [3.63, 3.8) is 0 Å². The molecule has 2 nitrogen and oxygen atoms in total. The molecule has 0 aliphatic heterocycles. The van der Waals surface area contributed by atoms with Crippen molar-refractivity contribution in [3.8, 4) is 0 Å². The maximum absolute atomic E-state index is 10.9. The van der Waals surface area contributed by atoms with Gasteiger partial charge in [-0.2, -0.15) is 11.3 Å². The summed E-state index contributed by atoms with van der Waals surface area (Å²) in [6, 6.07) is 1.72. The van der Waals surface area contributed by atoms with E-state index in [9.17, 15) is 4.79 Å². The highest BCUT2D eigenvalue weighted by atomic mass is 32.1. The molecule has 0 spiro atoms. The quantitative estimate of drug-likeness (QED) is 0.402. The molecule has 1 N–H and O–H groups in total. The van der Waals surface area contributed by atoms with E-state index >= 15 is 0 Å². The van der Waals surface area contributed by atoms with Gasteiger partial charge in [0.15, 0.2) is 5.78 Å². The van der Waals surface area contributed by atoms with Gasteiger partial charge in [-0.15, -0.1) is 0 Å². The largest absolute Gasteiger partial charge is 0.515 e. The normalized spacial score (nSPS) is 10.4. The Balaban J connectivity index is 2.78. The number of thiophene rings is 1. The number of ketones is 1. The molecule has 52 valence electrons. The highest BCUT2D eigenvalue weighted by Gasteiger charge is 1.99. The van der Waals surface area contributed by atoms with Crippen LogP contribution in [0.2, 0.25) is 0 Å². The summed E-state index contributed by atoms with van der Waals surface area (Å²) in [5.41, 5.74) is 0.621. The number of allylic oxidation sites excluding steroid dienone is 1. The molecule has 0 saturated heterocycles. The van der Waals surface area contributed by atoms with Crippen molar-refractivity contribution in [1.29, 1.82) is 0 Å². The zero-order chi connectivity index (χ0) is 7.40. The fourth-order valence-corrected chi connectivity index (χ4v) is 1.21. The average molecular weight is 154 g/mol. The molecule has 0 unspecified atom stereocenters. The lowest BCUT2D eigenvalue weighted by atomic mass is 10.2. The van der Waals surface area contributed by atoms with Gasteiger partial charge in [-0.1, -0.05) is 0 Å². The lowest BCUT2D eigenvalue weighted by molar-refractivity contribution is 0.104. The molecule has 0 aromatic carbocycles. The highest BCUT2D eigenvalue weighted by Crippen LogP contribution is 2.06. The Morgan fingerprint density at radius 1 is 1.70 bits per heavy atom. The van der Waals surface area contributed by atoms with E-state index in [4.69, 9.17) is 5.11 Å². The van der Waals surface area contributed by atoms with Gasteiger partial charge in [-0.25, -0.2) is 0 Å². The summed E-state index contributed by atoms with van der Waals surface area (Å²) in [6.07, 6.45) is 1.88. The smallest absolute Gasteiger partial charge is 0.189 e. The van der Waals surface area contributed by atoms with Crippen LogP contribution in [0.1, 0.15) is 10.4 Å². The fourth-order valence-electron chi connectivity index (χ4n) is 0.569. The van der Waals surface area contributed by atoms with E-state index in [-0.39, 0.29) is 5.78 Å². The highest BCUT2D eigenvalue weighted by molar-refractivity contribution is 7.08. The molecular formula is C7H6O2S. The SMILES string of the molecule is O=C(/C=C/O)c1ccsc1. The molecule has 0 fully saturated rings. The second-order valence-corrected chi connectivity index (χ2v) is 2.47. The van der Waals surface area contributed by atoms with Crippen molar-refractivity contribution in [2.45, 2.75) is 0 Å². The molecule has 0 amide bonds. The number of hydrogen-bond acceptors (Lipinski definition) is 3. The van der Waals surface area contributed by atoms with Gasteiger partial charge in [0.2, 0.25) is 0 Å². The van der Waals surface area contributed by atoms with Crippen LogP contribution in [-0.4, -0.2) is 10.9 Å². The average Bonchev–Trinajstić information content (AvgIpc) is 2.38. The summed E-state index contributed by atoms with van der Waals surface area (Å²) >= 11 is 1.46. The summed E-state index contributed by atoms with van der Waals surface area (Å²) in [5.74, 6) is -0.163. The van der Waals surface area contributed by atoms with Crippen molar-refractivity contribution in [1.82, 2.24) is 0 Å². The number of hydrogen-bond donors (Lipinski definition) is 1. The van der Waals surface area contributed by atoms with E-state index in [1.54, 1.807) is 11.4 Å². The molecule has 0 bridgehead atoms. The molecule has 0 radical (unpaired) electrons. The predicted molar refractivity (Wildman–Crippen MR) is 40.4 cm³/mol. The van der Waals surface area contributed by atoms with Crippen LogP contribution in [0.5, 0.6) is 0 Å². The Labute approximate surface area is 62.4 Å². The maximum Gasteiger partial charge on any atom is 0.189 e. The van der Waals surface area contributed by atoms with Crippen LogP contribution < -0.4 is 0 Å². The topological polar surface area (TPSA) is 37.3 Å². The van der Waals surface area contributed by atoms with E-state index in [2.05, 4.69) is 0 Å². The summed E-state index contributed by atoms with van der Waals surface area (Å²) < 4.78 is 0. The van der Waals surface area contributed by atoms with Crippen molar-refractivity contribution in [2.24, 2.45) is 0 Å². The summed E-state index contributed by atoms with van der Waals surface area (Å²) in [5, 5.41) is 11.8. The van der Waals surface area contributed by atoms with Crippen LogP contribution in [0.25, 0.3) is 0 Å². The van der Waals surface area contributed by atoms with E-state index in [0.29, 0.717) is 5.56 Å². The minimum Gasteiger partial charge on any atom is -0.515 e. The van der Waals surface area contributed by atoms with Crippen molar-refractivity contribution >= 4 is 17.1 Å². The second kappa shape index (κ2) is 3.17. The van der Waals surface area contributed by atoms with E-state index in [1.807, 2.05) is 5.38 Å². The molecule has 10 heavy (non-hydrogen) atoms. The van der Waals surface area contributed by atoms with Crippen molar-refractivity contribution in [2.75, 3.05) is 0 Å². The van der Waals surface area contributed by atoms with Crippen LogP contribution in [0.15, 0.2) is 29.2 Å². The molecule has 0 saturated carbocycles. The summed E-state index contributed by atoms with van der Waals surface area (Å²) in [6.45, 7) is 0. The van der Waals surface area contributed by atoms with Gasteiger partial charge in [-0.05, 0) is 11.4 Å². The van der Waals surface area contributed by atoms with E-state index in [1.165, 1.54) is 11.3 Å². The predicted octanol–water partition coefficient (Wildman–Crippen LogP) is 2.00. The zero-order valence-corrected chi connectivity index (χ0v) is 5.97. The summed E-state index contributed by atoms with van der Waals surface area (Å²) in [4.78, 5) is 10.9. The van der Waals surface area contributed by atoms with Gasteiger partial charge in [0.1, 0.15) is 0 Å². The monoisotopic (exact) mass is 154 g/mol. The molecule has 0 atom stereocenters. The van der Waals surface area contributed by atoms with Crippen LogP contribution in [0.3, 0.4) is 0 Å². The first-order valence-electron chi connectivity index (χ1n) is 2.72. The Kier molecular flexibility index (Phi) is 2.23. The first-order chi connectivity index (χ1) is 4.84. The third-order valence-electron chi connectivity index (χ3n) is 1.03. The Morgan fingerprint density at radius 2 is 2.50 bits per heavy atom. The molecule has 0 aliphatic carbocycles. The van der Waals surface area contributed by atoms with E-state index < -0.39 is 0 Å². The summed E-state index contributed by atoms with van der Waals surface area (Å²) in [7, 11) is 0. The first kappa shape index (κ1) is 7.02. The Morgan fingerprint density at radius 3 is 3.00 bits per heavy atom. The third-order valence-corrected chi connectivity index (χ3v) is 1.71. The number of carbonyl (C=O) groups is 1. The molecular weight excluding hydrogens is 148 g/mol. The van der Waals surface area contributed by atoms with Gasteiger partial charge in [0, 0.05) is 17.0 Å². The number of carbonyl (C=O) groups excluding carboxylic acids is 1. The third kappa shape index (κ3) is 1.45. The zero-order valence-electron chi connectivity index (χ0n) is 5.15. The molecule has 1 aromatic rings. The standard InChI is InChI=1S/C7H6O2S/c8-3-1-7(9)6-2-4-10-5-6/h1-5,8H/b3-1+. The first-order valence-corrected chi connectivity index (χ1v) is 3.66. The minimum atomic E-state index is -0.163. The molecule has 1 aromatic heterocycles. The number of aliphatic hydroxyl groups excluding tert-OH is 1. The van der Waals surface area contributed by atoms with Crippen LogP contribution in [-0.2, 0) is 0 Å². The van der Waals surface area contributed by atoms with Gasteiger partial charge in [0.25, 0.3) is 0 Å². The van der Waals surface area contributed by atoms with Crippen molar-refractivity contribution in [3.05, 3.63) is 34.7 Å². The lowest BCUT2D eigenvalue weighted by Crippen LogP contribution is -1.89. The second-order valence-electron chi connectivity index (χ2n) is 1.69. The van der Waals surface area contributed by atoms with E-state index in [0.717, 1.165) is 12.3 Å². The lowest BCUT2D eigenvalue weighted by Gasteiger charge is -1.83. The maximum atomic E-state index is 10.9. The van der Waals surface area contributed by atoms with Crippen LogP contribution in [0.4, 0.5) is 0 Å². The fraction of sp³-hybridized carbons (Fsp3) is 0. The van der Waals surface area contributed by atoms with Crippen LogP contribution in [0, 0.1) is 0 Å². The number of aliphatic hydroxyl groups is 1. The Hall–Kier alpha value is -1.09. The van der Waals surface area contributed by atoms with Crippen molar-refractivity contribution < 1.29 is 9.90 Å². The molecule has 1 heterocycles. The molecule has 0 aliphatic rings. The molecule has 1 rings (SSSR count). The number of rotatable bonds is 2. The van der Waals surface area contributed by atoms with Gasteiger partial charge in [-0.3, -0.25) is 4.79 Å². The minimum absolute atomic E-state index is 0.163. The van der Waals surface area contributed by atoms with Crippen LogP contribution >= 0.6 is 11.3 Å². The van der Waals surface area contributed by atoms with Gasteiger partial charge in [0.05, 0.1) is 6.26 Å². The van der Waals surface area contributed by atoms with Gasteiger partial charge < -0.3 is 5.11 Å².